The van der Waals surface area contributed by atoms with E-state index in [2.05, 4.69) is 4.90 Å². The van der Waals surface area contributed by atoms with E-state index in [1.165, 1.54) is 12.8 Å². The molecule has 1 N–H and O–H groups in total. The van der Waals surface area contributed by atoms with Crippen LogP contribution in [0.4, 0.5) is 9.18 Å². The van der Waals surface area contributed by atoms with E-state index in [4.69, 9.17) is 8.92 Å². The first kappa shape index (κ1) is 18.9. The third-order valence-electron chi connectivity index (χ3n) is 4.89. The number of piperidine rings is 2. The van der Waals surface area contributed by atoms with Crippen molar-refractivity contribution in [2.24, 2.45) is 5.92 Å². The summed E-state index contributed by atoms with van der Waals surface area (Å²) < 4.78 is 48.0. The number of amides is 1. The number of carbonyl (C=O) groups is 1. The van der Waals surface area contributed by atoms with Crippen molar-refractivity contribution in [3.63, 3.8) is 0 Å². The molecule has 7 nitrogen and oxygen atoms in total. The minimum absolute atomic E-state index is 0.100. The van der Waals surface area contributed by atoms with E-state index in [1.54, 1.807) is 4.72 Å². The van der Waals surface area contributed by atoms with Gasteiger partial charge in [0.2, 0.25) is 0 Å². The lowest BCUT2D eigenvalue weighted by atomic mass is 9.84. The summed E-state index contributed by atoms with van der Waals surface area (Å²) in [4.78, 5) is 14.3. The maximum atomic E-state index is 12.8. The van der Waals surface area contributed by atoms with Crippen LogP contribution in [0.15, 0.2) is 24.3 Å². The van der Waals surface area contributed by atoms with Crippen molar-refractivity contribution < 1.29 is 26.5 Å². The second-order valence-electron chi connectivity index (χ2n) is 6.69. The van der Waals surface area contributed by atoms with Crippen LogP contribution < -0.4 is 8.91 Å². The lowest BCUT2D eigenvalue weighted by Crippen LogP contribution is -2.49. The third kappa shape index (κ3) is 5.07. The van der Waals surface area contributed by atoms with E-state index in [9.17, 15) is 17.6 Å². The topological polar surface area (TPSA) is 84.9 Å². The molecule has 3 rings (SSSR count). The van der Waals surface area contributed by atoms with Crippen LogP contribution in [0.5, 0.6) is 5.75 Å². The van der Waals surface area contributed by atoms with Crippen LogP contribution in [0.3, 0.4) is 0 Å². The molecule has 0 aliphatic carbocycles. The van der Waals surface area contributed by atoms with Gasteiger partial charge in [0.05, 0.1) is 6.61 Å². The highest BCUT2D eigenvalue weighted by Gasteiger charge is 2.33. The fourth-order valence-electron chi connectivity index (χ4n) is 3.72. The number of halogens is 1. The zero-order valence-corrected chi connectivity index (χ0v) is 15.2. The van der Waals surface area contributed by atoms with E-state index in [1.807, 2.05) is 0 Å². The van der Waals surface area contributed by atoms with Gasteiger partial charge in [-0.1, -0.05) is 6.42 Å². The molecule has 0 aromatic heterocycles. The summed E-state index contributed by atoms with van der Waals surface area (Å²) in [6, 6.07) is 4.82. The summed E-state index contributed by atoms with van der Waals surface area (Å²) in [7, 11) is -4.38. The minimum Gasteiger partial charge on any atom is -0.448 e. The molecule has 2 saturated heterocycles. The van der Waals surface area contributed by atoms with E-state index < -0.39 is 22.2 Å². The molecule has 1 amide bonds. The molecule has 9 heteroatoms. The first-order valence-electron chi connectivity index (χ1n) is 8.81. The molecular formula is C17H23FN2O5S. The molecule has 0 bridgehead atoms. The number of nitrogens with zero attached hydrogens (tertiary/aromatic N) is 1. The Morgan fingerprint density at radius 3 is 2.65 bits per heavy atom. The SMILES string of the molecule is O=C(NS(=O)(=O)Oc1ccc(F)cc1)OC[C@@H]1CCCN2CCCC[C@H]12. The monoisotopic (exact) mass is 386 g/mol. The molecule has 26 heavy (non-hydrogen) atoms. The second-order valence-corrected chi connectivity index (χ2v) is 7.97. The Morgan fingerprint density at radius 2 is 1.88 bits per heavy atom. The van der Waals surface area contributed by atoms with Crippen molar-refractivity contribution >= 4 is 16.4 Å². The van der Waals surface area contributed by atoms with Crippen LogP contribution in [-0.4, -0.2) is 45.1 Å². The van der Waals surface area contributed by atoms with Gasteiger partial charge in [-0.15, -0.1) is 0 Å². The molecule has 1 aromatic rings. The maximum Gasteiger partial charge on any atom is 0.423 e. The van der Waals surface area contributed by atoms with Gasteiger partial charge in [-0.25, -0.2) is 9.18 Å². The van der Waals surface area contributed by atoms with E-state index in [0.717, 1.165) is 56.6 Å². The maximum absolute atomic E-state index is 12.8. The van der Waals surface area contributed by atoms with Gasteiger partial charge < -0.3 is 8.92 Å². The minimum atomic E-state index is -4.38. The van der Waals surface area contributed by atoms with Gasteiger partial charge in [0, 0.05) is 12.0 Å². The Kier molecular flexibility index (Phi) is 5.98. The summed E-state index contributed by atoms with van der Waals surface area (Å²) in [6.45, 7) is 2.33. The number of hydrogen-bond donors (Lipinski definition) is 1. The zero-order chi connectivity index (χ0) is 18.6. The van der Waals surface area contributed by atoms with Crippen molar-refractivity contribution in [1.29, 1.82) is 0 Å². The van der Waals surface area contributed by atoms with Crippen molar-refractivity contribution in [1.82, 2.24) is 9.62 Å². The Morgan fingerprint density at radius 1 is 1.15 bits per heavy atom. The average Bonchev–Trinajstić information content (AvgIpc) is 2.61. The Balaban J connectivity index is 1.49. The molecule has 2 heterocycles. The smallest absolute Gasteiger partial charge is 0.423 e. The molecule has 0 unspecified atom stereocenters. The molecule has 0 saturated carbocycles. The van der Waals surface area contributed by atoms with Crippen molar-refractivity contribution in [3.8, 4) is 5.75 Å². The summed E-state index contributed by atoms with van der Waals surface area (Å²) in [5, 5.41) is 0. The number of hydrogen-bond acceptors (Lipinski definition) is 6. The average molecular weight is 386 g/mol. The van der Waals surface area contributed by atoms with Gasteiger partial charge in [0.15, 0.2) is 0 Å². The molecule has 2 fully saturated rings. The predicted molar refractivity (Wildman–Crippen MR) is 92.4 cm³/mol. The molecule has 0 radical (unpaired) electrons. The molecule has 2 aliphatic rings. The summed E-state index contributed by atoms with van der Waals surface area (Å²) in [5.74, 6) is -0.404. The largest absolute Gasteiger partial charge is 0.448 e. The lowest BCUT2D eigenvalue weighted by Gasteiger charge is -2.44. The molecular weight excluding hydrogens is 363 g/mol. The third-order valence-corrected chi connectivity index (χ3v) is 5.71. The summed E-state index contributed by atoms with van der Waals surface area (Å²) >= 11 is 0. The van der Waals surface area contributed by atoms with Crippen LogP contribution >= 0.6 is 0 Å². The standard InChI is InChI=1S/C17H23FN2O5S/c18-14-6-8-15(9-7-14)25-26(22,23)19-17(21)24-12-13-4-3-11-20-10-2-1-5-16(13)20/h6-9,13,16H,1-5,10-12H2,(H,19,21)/t13-,16+/m0/s1. The van der Waals surface area contributed by atoms with Gasteiger partial charge >= 0.3 is 16.4 Å². The van der Waals surface area contributed by atoms with Crippen molar-refractivity contribution in [3.05, 3.63) is 30.1 Å². The Bertz CT molecular complexity index is 723. The summed E-state index contributed by atoms with van der Waals surface area (Å²) in [5.41, 5.74) is 0. The lowest BCUT2D eigenvalue weighted by molar-refractivity contribution is 0.0244. The molecule has 2 aliphatic heterocycles. The number of fused-ring (bicyclic) bond motifs is 1. The highest BCUT2D eigenvalue weighted by Crippen LogP contribution is 2.31. The fraction of sp³-hybridized carbons (Fsp3) is 0.588. The zero-order valence-electron chi connectivity index (χ0n) is 14.4. The molecule has 0 spiro atoms. The first-order valence-corrected chi connectivity index (χ1v) is 10.2. The highest BCUT2D eigenvalue weighted by molar-refractivity contribution is 7.85. The van der Waals surface area contributed by atoms with Crippen LogP contribution in [0.25, 0.3) is 0 Å². The van der Waals surface area contributed by atoms with Crippen molar-refractivity contribution in [2.75, 3.05) is 19.7 Å². The van der Waals surface area contributed by atoms with Gasteiger partial charge in [-0.05, 0) is 63.0 Å². The van der Waals surface area contributed by atoms with Gasteiger partial charge in [-0.2, -0.15) is 13.1 Å². The van der Waals surface area contributed by atoms with E-state index >= 15 is 0 Å². The number of ether oxygens (including phenoxy) is 1. The summed E-state index contributed by atoms with van der Waals surface area (Å²) in [6.07, 6.45) is 4.40. The van der Waals surface area contributed by atoms with Crippen LogP contribution in [0.1, 0.15) is 32.1 Å². The van der Waals surface area contributed by atoms with Gasteiger partial charge in [-0.3, -0.25) is 4.90 Å². The Labute approximate surface area is 152 Å². The number of rotatable bonds is 5. The van der Waals surface area contributed by atoms with Gasteiger partial charge in [0.1, 0.15) is 11.6 Å². The normalized spacial score (nSPS) is 23.7. The van der Waals surface area contributed by atoms with Gasteiger partial charge in [0.25, 0.3) is 0 Å². The highest BCUT2D eigenvalue weighted by atomic mass is 32.2. The Hall–Kier alpha value is -1.87. The fourth-order valence-corrected chi connectivity index (χ4v) is 4.39. The van der Waals surface area contributed by atoms with Crippen molar-refractivity contribution in [2.45, 2.75) is 38.1 Å². The van der Waals surface area contributed by atoms with E-state index in [0.29, 0.717) is 6.04 Å². The number of carbonyl (C=O) groups excluding carboxylic acids is 1. The quantitative estimate of drug-likeness (QED) is 0.837. The molecule has 144 valence electrons. The molecule has 2 atom stereocenters. The van der Waals surface area contributed by atoms with Crippen LogP contribution in [-0.2, 0) is 15.0 Å². The first-order chi connectivity index (χ1) is 12.4. The second kappa shape index (κ2) is 8.22. The van der Waals surface area contributed by atoms with E-state index in [-0.39, 0.29) is 18.3 Å². The number of nitrogens with one attached hydrogen (secondary N) is 1. The molecule has 1 aromatic carbocycles. The predicted octanol–water partition coefficient (Wildman–Crippen LogP) is 2.44. The van der Waals surface area contributed by atoms with Crippen LogP contribution in [0, 0.1) is 11.7 Å². The number of benzene rings is 1. The van der Waals surface area contributed by atoms with Crippen LogP contribution in [0.2, 0.25) is 0 Å².